The Labute approximate surface area is 177 Å². The molecule has 2 atom stereocenters. The third kappa shape index (κ3) is 5.74. The summed E-state index contributed by atoms with van der Waals surface area (Å²) in [6, 6.07) is -0.676. The van der Waals surface area contributed by atoms with E-state index in [-0.39, 0.29) is 36.2 Å². The van der Waals surface area contributed by atoms with E-state index in [1.54, 1.807) is 41.6 Å². The van der Waals surface area contributed by atoms with Crippen LogP contribution in [0.4, 0.5) is 0 Å². The number of hydrogen-bond donors (Lipinski definition) is 1. The maximum absolute atomic E-state index is 13.1. The van der Waals surface area contributed by atoms with E-state index in [4.69, 9.17) is 0 Å². The molecule has 2 rings (SSSR count). The third-order valence-corrected chi connectivity index (χ3v) is 6.45. The van der Waals surface area contributed by atoms with Crippen LogP contribution in [0.15, 0.2) is 11.6 Å². The zero-order valence-electron chi connectivity index (χ0n) is 17.7. The van der Waals surface area contributed by atoms with Crippen LogP contribution in [-0.2, 0) is 19.2 Å². The van der Waals surface area contributed by atoms with Crippen LogP contribution in [-0.4, -0.2) is 89.2 Å². The van der Waals surface area contributed by atoms with Crippen LogP contribution >= 0.6 is 11.8 Å². The molecule has 0 saturated carbocycles. The van der Waals surface area contributed by atoms with Gasteiger partial charge in [0.25, 0.3) is 0 Å². The van der Waals surface area contributed by atoms with Crippen LogP contribution in [0.25, 0.3) is 0 Å². The van der Waals surface area contributed by atoms with E-state index in [2.05, 4.69) is 5.32 Å². The van der Waals surface area contributed by atoms with E-state index in [1.807, 2.05) is 18.7 Å². The molecule has 2 aliphatic heterocycles. The van der Waals surface area contributed by atoms with Crippen molar-refractivity contribution in [2.45, 2.75) is 45.7 Å². The Balaban J connectivity index is 2.12. The van der Waals surface area contributed by atoms with Crippen molar-refractivity contribution in [3.8, 4) is 0 Å². The van der Waals surface area contributed by atoms with Gasteiger partial charge in [-0.1, -0.05) is 19.9 Å². The molecule has 0 aromatic carbocycles. The molecular weight excluding hydrogens is 392 g/mol. The highest BCUT2D eigenvalue weighted by molar-refractivity contribution is 7.99. The van der Waals surface area contributed by atoms with Crippen LogP contribution in [0.5, 0.6) is 0 Å². The lowest BCUT2D eigenvalue weighted by molar-refractivity contribution is -0.141. The maximum atomic E-state index is 13.1. The number of nitrogens with zero attached hydrogens (tertiary/aromatic N) is 3. The molecular formula is C20H32N4O4S. The molecule has 4 amide bonds. The summed E-state index contributed by atoms with van der Waals surface area (Å²) in [6.07, 6.45) is 3.81. The number of carbonyl (C=O) groups is 4. The standard InChI is InChI=1S/C20H32N4O4S/c1-14(2)17(22(4)18(26)11-21-12-25)10-15(3)19(27)24-7-5-6-16(24)20(28)23-8-9-29-13-23/h10,12,14,16-17H,5-9,11,13H2,1-4H3,(H,21,25)/t16-,17+/m0/s1. The molecule has 2 heterocycles. The van der Waals surface area contributed by atoms with Crippen LogP contribution < -0.4 is 5.32 Å². The Morgan fingerprint density at radius 2 is 2.00 bits per heavy atom. The van der Waals surface area contributed by atoms with Gasteiger partial charge in [0.1, 0.15) is 6.04 Å². The Morgan fingerprint density at radius 3 is 2.59 bits per heavy atom. The third-order valence-electron chi connectivity index (χ3n) is 5.48. The van der Waals surface area contributed by atoms with Gasteiger partial charge in [0.2, 0.25) is 24.1 Å². The summed E-state index contributed by atoms with van der Waals surface area (Å²) in [5, 5.41) is 2.38. The summed E-state index contributed by atoms with van der Waals surface area (Å²) in [5.41, 5.74) is 0.530. The van der Waals surface area contributed by atoms with Crippen molar-refractivity contribution in [2.75, 3.05) is 38.3 Å². The molecule has 0 unspecified atom stereocenters. The highest BCUT2D eigenvalue weighted by Gasteiger charge is 2.37. The van der Waals surface area contributed by atoms with Crippen molar-refractivity contribution in [1.29, 1.82) is 0 Å². The zero-order chi connectivity index (χ0) is 21.6. The first-order valence-electron chi connectivity index (χ1n) is 10.1. The molecule has 0 aliphatic carbocycles. The van der Waals surface area contributed by atoms with E-state index in [1.165, 1.54) is 0 Å². The first kappa shape index (κ1) is 23.3. The summed E-state index contributed by atoms with van der Waals surface area (Å²) >= 11 is 1.73. The Morgan fingerprint density at radius 1 is 1.28 bits per heavy atom. The molecule has 29 heavy (non-hydrogen) atoms. The number of thioether (sulfide) groups is 1. The Kier molecular flexibility index (Phi) is 8.55. The molecule has 2 aliphatic rings. The minimum Gasteiger partial charge on any atom is -0.350 e. The summed E-state index contributed by atoms with van der Waals surface area (Å²) in [7, 11) is 1.67. The van der Waals surface area contributed by atoms with E-state index >= 15 is 0 Å². The fourth-order valence-corrected chi connectivity index (χ4v) is 4.75. The van der Waals surface area contributed by atoms with Crippen molar-refractivity contribution in [3.63, 3.8) is 0 Å². The predicted octanol–water partition coefficient (Wildman–Crippen LogP) is 0.686. The summed E-state index contributed by atoms with van der Waals surface area (Å²) < 4.78 is 0. The first-order valence-corrected chi connectivity index (χ1v) is 11.2. The highest BCUT2D eigenvalue weighted by Crippen LogP contribution is 2.25. The predicted molar refractivity (Wildman–Crippen MR) is 113 cm³/mol. The lowest BCUT2D eigenvalue weighted by atomic mass is 9.99. The molecule has 2 fully saturated rings. The number of rotatable bonds is 8. The molecule has 1 N–H and O–H groups in total. The molecule has 0 aromatic rings. The van der Waals surface area contributed by atoms with Crippen molar-refractivity contribution >= 4 is 35.9 Å². The van der Waals surface area contributed by atoms with Gasteiger partial charge >= 0.3 is 0 Å². The average molecular weight is 425 g/mol. The number of amides is 4. The van der Waals surface area contributed by atoms with Gasteiger partial charge in [-0.3, -0.25) is 19.2 Å². The van der Waals surface area contributed by atoms with Crippen LogP contribution in [0.2, 0.25) is 0 Å². The number of likely N-dealkylation sites (tertiary alicyclic amines) is 1. The normalized spacial score (nSPS) is 20.7. The van der Waals surface area contributed by atoms with Crippen molar-refractivity contribution in [3.05, 3.63) is 11.6 Å². The van der Waals surface area contributed by atoms with Crippen molar-refractivity contribution in [2.24, 2.45) is 5.92 Å². The van der Waals surface area contributed by atoms with Gasteiger partial charge in [-0.15, -0.1) is 11.8 Å². The zero-order valence-corrected chi connectivity index (χ0v) is 18.5. The molecule has 0 radical (unpaired) electrons. The van der Waals surface area contributed by atoms with Crippen molar-refractivity contribution in [1.82, 2.24) is 20.0 Å². The Bertz CT molecular complexity index is 661. The maximum Gasteiger partial charge on any atom is 0.249 e. The van der Waals surface area contributed by atoms with E-state index in [0.29, 0.717) is 30.8 Å². The topological polar surface area (TPSA) is 90.0 Å². The van der Waals surface area contributed by atoms with Crippen LogP contribution in [0.1, 0.15) is 33.6 Å². The second-order valence-electron chi connectivity index (χ2n) is 7.88. The van der Waals surface area contributed by atoms with Gasteiger partial charge in [-0.05, 0) is 25.7 Å². The van der Waals surface area contributed by atoms with E-state index in [0.717, 1.165) is 18.7 Å². The quantitative estimate of drug-likeness (QED) is 0.457. The molecule has 162 valence electrons. The lowest BCUT2D eigenvalue weighted by Crippen LogP contribution is -2.47. The number of carbonyl (C=O) groups excluding carboxylic acids is 4. The molecule has 2 saturated heterocycles. The van der Waals surface area contributed by atoms with Gasteiger partial charge in [0.05, 0.1) is 18.5 Å². The van der Waals surface area contributed by atoms with Gasteiger partial charge in [-0.25, -0.2) is 0 Å². The lowest BCUT2D eigenvalue weighted by Gasteiger charge is -2.31. The van der Waals surface area contributed by atoms with E-state index in [9.17, 15) is 19.2 Å². The van der Waals surface area contributed by atoms with Crippen molar-refractivity contribution < 1.29 is 19.2 Å². The van der Waals surface area contributed by atoms with E-state index < -0.39 is 6.04 Å². The fraction of sp³-hybridized carbons (Fsp3) is 0.700. The molecule has 0 aromatic heterocycles. The summed E-state index contributed by atoms with van der Waals surface area (Å²) in [6.45, 7) is 6.93. The second kappa shape index (κ2) is 10.7. The minimum atomic E-state index is -0.391. The largest absolute Gasteiger partial charge is 0.350 e. The minimum absolute atomic E-state index is 0.0429. The van der Waals surface area contributed by atoms with Crippen LogP contribution in [0.3, 0.4) is 0 Å². The summed E-state index contributed by atoms with van der Waals surface area (Å²) in [5.74, 6) is 1.39. The van der Waals surface area contributed by atoms with Gasteiger partial charge in [-0.2, -0.15) is 0 Å². The monoisotopic (exact) mass is 424 g/mol. The van der Waals surface area contributed by atoms with Gasteiger partial charge < -0.3 is 20.0 Å². The smallest absolute Gasteiger partial charge is 0.249 e. The molecule has 9 heteroatoms. The number of nitrogens with one attached hydrogen (secondary N) is 1. The van der Waals surface area contributed by atoms with Crippen LogP contribution in [0, 0.1) is 5.92 Å². The SMILES string of the molecule is CC(=C[C@H](C(C)C)N(C)C(=O)CNC=O)C(=O)N1CCC[C@H]1C(=O)N1CCSC1. The first-order chi connectivity index (χ1) is 13.8. The highest BCUT2D eigenvalue weighted by atomic mass is 32.2. The number of likely N-dealkylation sites (N-methyl/N-ethyl adjacent to an activating group) is 1. The molecule has 0 spiro atoms. The average Bonchev–Trinajstić information content (AvgIpc) is 3.40. The molecule has 8 nitrogen and oxygen atoms in total. The van der Waals surface area contributed by atoms with Gasteiger partial charge in [0, 0.05) is 31.5 Å². The Hall–Kier alpha value is -2.03. The second-order valence-corrected chi connectivity index (χ2v) is 8.96. The van der Waals surface area contributed by atoms with Gasteiger partial charge in [0.15, 0.2) is 0 Å². The molecule has 0 bridgehead atoms. The summed E-state index contributed by atoms with van der Waals surface area (Å²) in [4.78, 5) is 53.7. The fourth-order valence-electron chi connectivity index (χ4n) is 3.79. The number of hydrogen-bond acceptors (Lipinski definition) is 5.